The number of halogens is 7. The van der Waals surface area contributed by atoms with E-state index >= 15 is 0 Å². The normalized spacial score (nSPS) is 12.5. The van der Waals surface area contributed by atoms with E-state index in [1.807, 2.05) is 0 Å². The van der Waals surface area contributed by atoms with E-state index in [0.717, 1.165) is 37.6 Å². The van der Waals surface area contributed by atoms with Gasteiger partial charge in [0.05, 0.1) is 28.9 Å². The monoisotopic (exact) mass is 469 g/mol. The number of nitrogens with zero attached hydrogens (tertiary/aromatic N) is 2. The van der Waals surface area contributed by atoms with Crippen LogP contribution in [0.3, 0.4) is 0 Å². The van der Waals surface area contributed by atoms with Crippen molar-refractivity contribution in [1.29, 1.82) is 0 Å². The number of oxime groups is 1. The van der Waals surface area contributed by atoms with E-state index in [9.17, 15) is 31.1 Å². The van der Waals surface area contributed by atoms with Gasteiger partial charge in [0.25, 0.3) is 5.91 Å². The van der Waals surface area contributed by atoms with Crippen molar-refractivity contribution in [2.75, 3.05) is 20.3 Å². The van der Waals surface area contributed by atoms with Crippen LogP contribution in [0.1, 0.15) is 21.6 Å². The molecular weight excluding hydrogens is 456 g/mol. The van der Waals surface area contributed by atoms with Crippen LogP contribution >= 0.6 is 11.6 Å². The summed E-state index contributed by atoms with van der Waals surface area (Å²) in [4.78, 5) is 20.8. The summed E-state index contributed by atoms with van der Waals surface area (Å²) in [5, 5.41) is 5.69. The first-order chi connectivity index (χ1) is 14.4. The number of pyridine rings is 1. The molecule has 0 atom stereocenters. The minimum absolute atomic E-state index is 0.0766. The maximum Gasteiger partial charge on any atom is 0.422 e. The second-order valence-corrected chi connectivity index (χ2v) is 6.26. The number of benzene rings is 1. The van der Waals surface area contributed by atoms with E-state index in [-0.39, 0.29) is 22.2 Å². The number of carbonyl (C=O) groups is 1. The average molecular weight is 470 g/mol. The highest BCUT2D eigenvalue weighted by molar-refractivity contribution is 6.34. The van der Waals surface area contributed by atoms with E-state index in [0.29, 0.717) is 0 Å². The van der Waals surface area contributed by atoms with Crippen molar-refractivity contribution in [1.82, 2.24) is 10.3 Å². The Kier molecular flexibility index (Phi) is 7.71. The lowest BCUT2D eigenvalue weighted by atomic mass is 10.1. The molecule has 0 aliphatic heterocycles. The van der Waals surface area contributed by atoms with Gasteiger partial charge in [-0.1, -0.05) is 28.9 Å². The van der Waals surface area contributed by atoms with Crippen molar-refractivity contribution in [2.45, 2.75) is 12.4 Å². The minimum Gasteiger partial charge on any atom is -0.482 e. The summed E-state index contributed by atoms with van der Waals surface area (Å²) < 4.78 is 80.5. The third-order valence-electron chi connectivity index (χ3n) is 3.59. The quantitative estimate of drug-likeness (QED) is 0.369. The lowest BCUT2D eigenvalue weighted by Gasteiger charge is -2.14. The Morgan fingerprint density at radius 2 is 1.87 bits per heavy atom. The third-order valence-corrected chi connectivity index (χ3v) is 3.88. The summed E-state index contributed by atoms with van der Waals surface area (Å²) in [5.41, 5.74) is -1.90. The zero-order valence-corrected chi connectivity index (χ0v) is 16.4. The first-order valence-electron chi connectivity index (χ1n) is 8.32. The molecule has 31 heavy (non-hydrogen) atoms. The Morgan fingerprint density at radius 3 is 2.45 bits per heavy atom. The van der Waals surface area contributed by atoms with Crippen molar-refractivity contribution in [2.24, 2.45) is 5.16 Å². The van der Waals surface area contributed by atoms with Crippen LogP contribution in [0.15, 0.2) is 41.7 Å². The number of carbonyl (C=O) groups excluding carboxylic acids is 1. The Bertz CT molecular complexity index is 963. The van der Waals surface area contributed by atoms with Gasteiger partial charge in [0.2, 0.25) is 0 Å². The number of nitrogens with one attached hydrogen (secondary N) is 1. The fourth-order valence-electron chi connectivity index (χ4n) is 2.33. The SMILES string of the molecule is CO/N=C(\CNC(=O)c1ccccc1C(F)(F)F)c1ncc(OCC(F)(F)F)cc1Cl. The summed E-state index contributed by atoms with van der Waals surface area (Å²) in [7, 11) is 1.16. The van der Waals surface area contributed by atoms with Crippen molar-refractivity contribution >= 4 is 23.2 Å². The number of amides is 1. The van der Waals surface area contributed by atoms with Gasteiger partial charge >= 0.3 is 12.4 Å². The topological polar surface area (TPSA) is 72.8 Å². The van der Waals surface area contributed by atoms with Crippen molar-refractivity contribution in [3.05, 3.63) is 58.4 Å². The van der Waals surface area contributed by atoms with Crippen LogP contribution in [0.5, 0.6) is 5.75 Å². The number of alkyl halides is 6. The van der Waals surface area contributed by atoms with Gasteiger partial charge in [-0.2, -0.15) is 26.3 Å². The van der Waals surface area contributed by atoms with E-state index in [2.05, 4.69) is 25.0 Å². The van der Waals surface area contributed by atoms with E-state index in [4.69, 9.17) is 11.6 Å². The van der Waals surface area contributed by atoms with Gasteiger partial charge < -0.3 is 14.9 Å². The fraction of sp³-hybridized carbons (Fsp3) is 0.278. The van der Waals surface area contributed by atoms with Crippen LogP contribution < -0.4 is 10.1 Å². The molecule has 1 N–H and O–H groups in total. The Balaban J connectivity index is 2.18. The first-order valence-corrected chi connectivity index (χ1v) is 8.70. The Labute approximate surface area is 176 Å². The van der Waals surface area contributed by atoms with Crippen LogP contribution in [0.4, 0.5) is 26.3 Å². The predicted octanol–water partition coefficient (Wildman–Crippen LogP) is 4.48. The van der Waals surface area contributed by atoms with Gasteiger partial charge in [0.1, 0.15) is 24.3 Å². The second kappa shape index (κ2) is 9.86. The maximum absolute atomic E-state index is 13.1. The average Bonchev–Trinajstić information content (AvgIpc) is 2.68. The molecule has 1 heterocycles. The Morgan fingerprint density at radius 1 is 1.19 bits per heavy atom. The van der Waals surface area contributed by atoms with Gasteiger partial charge in [-0.15, -0.1) is 0 Å². The van der Waals surface area contributed by atoms with E-state index in [1.54, 1.807) is 0 Å². The molecule has 13 heteroatoms. The van der Waals surface area contributed by atoms with Crippen LogP contribution in [0, 0.1) is 0 Å². The summed E-state index contributed by atoms with van der Waals surface area (Å²) in [5.74, 6) is -1.32. The largest absolute Gasteiger partial charge is 0.482 e. The van der Waals surface area contributed by atoms with E-state index in [1.165, 1.54) is 6.07 Å². The molecule has 1 amide bonds. The zero-order valence-electron chi connectivity index (χ0n) is 15.6. The molecule has 2 rings (SSSR count). The molecule has 1 aromatic carbocycles. The van der Waals surface area contributed by atoms with Crippen LogP contribution in [-0.4, -0.2) is 43.0 Å². The van der Waals surface area contributed by atoms with Gasteiger partial charge in [0, 0.05) is 6.07 Å². The predicted molar refractivity (Wildman–Crippen MR) is 98.1 cm³/mol. The second-order valence-electron chi connectivity index (χ2n) is 5.85. The zero-order chi connectivity index (χ0) is 23.2. The highest BCUT2D eigenvalue weighted by atomic mass is 35.5. The number of hydrogen-bond donors (Lipinski definition) is 1. The highest BCUT2D eigenvalue weighted by Crippen LogP contribution is 2.31. The molecule has 0 fully saturated rings. The van der Waals surface area contributed by atoms with Crippen LogP contribution in [0.2, 0.25) is 5.02 Å². The fourth-order valence-corrected chi connectivity index (χ4v) is 2.60. The number of hydrogen-bond acceptors (Lipinski definition) is 5. The first kappa shape index (κ1) is 24.3. The van der Waals surface area contributed by atoms with Crippen LogP contribution in [0.25, 0.3) is 0 Å². The summed E-state index contributed by atoms with van der Waals surface area (Å²) in [6.45, 7) is -1.99. The molecule has 0 saturated carbocycles. The number of aromatic nitrogens is 1. The summed E-state index contributed by atoms with van der Waals surface area (Å²) >= 11 is 6.01. The molecular formula is C18H14ClF6N3O3. The van der Waals surface area contributed by atoms with Crippen LogP contribution in [-0.2, 0) is 11.0 Å². The molecule has 0 bridgehead atoms. The molecule has 2 aromatic rings. The molecule has 168 valence electrons. The van der Waals surface area contributed by atoms with Gasteiger partial charge in [-0.3, -0.25) is 4.79 Å². The smallest absolute Gasteiger partial charge is 0.422 e. The summed E-state index contributed by atoms with van der Waals surface area (Å²) in [6.07, 6.45) is -8.36. The standard InChI is InChI=1S/C18H14ClF6N3O3/c1-30-28-14(15-13(19)6-10(7-26-15)31-9-17(20,21)22)8-27-16(29)11-4-2-3-5-12(11)18(23,24)25/h2-7H,8-9H2,1H3,(H,27,29)/b28-14+. The third kappa shape index (κ3) is 7.02. The molecule has 0 unspecified atom stereocenters. The molecule has 0 radical (unpaired) electrons. The molecule has 1 aromatic heterocycles. The van der Waals surface area contributed by atoms with Gasteiger partial charge in [0.15, 0.2) is 6.61 Å². The lowest BCUT2D eigenvalue weighted by Crippen LogP contribution is -2.32. The maximum atomic E-state index is 13.1. The van der Waals surface area contributed by atoms with Gasteiger partial charge in [-0.25, -0.2) is 4.98 Å². The molecule has 0 aliphatic rings. The van der Waals surface area contributed by atoms with Gasteiger partial charge in [-0.05, 0) is 12.1 Å². The van der Waals surface area contributed by atoms with Crippen molar-refractivity contribution < 1.29 is 40.7 Å². The number of ether oxygens (including phenoxy) is 1. The summed E-state index contributed by atoms with van der Waals surface area (Å²) in [6, 6.07) is 5.22. The molecule has 6 nitrogen and oxygen atoms in total. The lowest BCUT2D eigenvalue weighted by molar-refractivity contribution is -0.153. The Hall–Kier alpha value is -3.02. The molecule has 0 spiro atoms. The highest BCUT2D eigenvalue weighted by Gasteiger charge is 2.35. The van der Waals surface area contributed by atoms with E-state index < -0.39 is 42.5 Å². The molecule has 0 saturated heterocycles. The van der Waals surface area contributed by atoms with Crippen molar-refractivity contribution in [3.8, 4) is 5.75 Å². The minimum atomic E-state index is -4.74. The van der Waals surface area contributed by atoms with Crippen molar-refractivity contribution in [3.63, 3.8) is 0 Å². The number of rotatable bonds is 7. The molecule has 0 aliphatic carbocycles.